The molecule has 2 aromatic heterocycles. The van der Waals surface area contributed by atoms with Crippen molar-refractivity contribution < 1.29 is 4.79 Å². The molecule has 0 atom stereocenters. The summed E-state index contributed by atoms with van der Waals surface area (Å²) in [5.41, 5.74) is 2.80. The van der Waals surface area contributed by atoms with Crippen molar-refractivity contribution in [3.63, 3.8) is 0 Å². The Labute approximate surface area is 155 Å². The second kappa shape index (κ2) is 7.68. The smallest absolute Gasteiger partial charge is 0.256 e. The number of amides is 1. The number of aryl methyl sites for hydroxylation is 1. The summed E-state index contributed by atoms with van der Waals surface area (Å²) < 4.78 is 1.58. The van der Waals surface area contributed by atoms with Gasteiger partial charge in [0.2, 0.25) is 0 Å². The van der Waals surface area contributed by atoms with Crippen LogP contribution in [0.4, 0.5) is 0 Å². The van der Waals surface area contributed by atoms with Crippen LogP contribution in [-0.4, -0.2) is 20.7 Å². The lowest BCUT2D eigenvalue weighted by molar-refractivity contribution is 0.0950. The van der Waals surface area contributed by atoms with Crippen molar-refractivity contribution in [3.05, 3.63) is 81.4 Å². The van der Waals surface area contributed by atoms with E-state index >= 15 is 0 Å². The van der Waals surface area contributed by atoms with Crippen molar-refractivity contribution in [1.29, 1.82) is 0 Å². The zero-order chi connectivity index (χ0) is 17.8. The van der Waals surface area contributed by atoms with E-state index in [0.717, 1.165) is 11.1 Å². The zero-order valence-electron chi connectivity index (χ0n) is 13.5. The van der Waals surface area contributed by atoms with E-state index in [1.165, 1.54) is 0 Å². The van der Waals surface area contributed by atoms with Crippen LogP contribution in [0, 0.1) is 6.92 Å². The Bertz CT molecular complexity index is 893. The summed E-state index contributed by atoms with van der Waals surface area (Å²) in [5.74, 6) is -0.260. The molecule has 3 aromatic rings. The normalized spacial score (nSPS) is 10.7. The molecule has 3 rings (SSSR count). The van der Waals surface area contributed by atoms with Gasteiger partial charge in [-0.15, -0.1) is 0 Å². The number of aromatic nitrogens is 3. The molecule has 0 bridgehead atoms. The van der Waals surface area contributed by atoms with Crippen LogP contribution in [-0.2, 0) is 13.1 Å². The quantitative estimate of drug-likeness (QED) is 0.737. The van der Waals surface area contributed by atoms with Gasteiger partial charge in [-0.2, -0.15) is 5.10 Å². The molecule has 25 heavy (non-hydrogen) atoms. The Balaban J connectivity index is 1.77. The predicted molar refractivity (Wildman–Crippen MR) is 97.9 cm³/mol. The summed E-state index contributed by atoms with van der Waals surface area (Å²) in [5, 5.41) is 8.16. The number of halogens is 2. The average Bonchev–Trinajstić information content (AvgIpc) is 2.89. The number of benzene rings is 1. The van der Waals surface area contributed by atoms with E-state index in [0.29, 0.717) is 34.5 Å². The second-order valence-electron chi connectivity index (χ2n) is 5.54. The van der Waals surface area contributed by atoms with Crippen LogP contribution in [0.2, 0.25) is 10.2 Å². The first kappa shape index (κ1) is 17.5. The van der Waals surface area contributed by atoms with Gasteiger partial charge in [0.15, 0.2) is 0 Å². The Hall–Kier alpha value is -2.37. The maximum absolute atomic E-state index is 12.5. The highest BCUT2D eigenvalue weighted by Gasteiger charge is 2.20. The second-order valence-corrected chi connectivity index (χ2v) is 6.30. The van der Waals surface area contributed by atoms with Gasteiger partial charge in [-0.1, -0.05) is 41.4 Å². The molecule has 1 N–H and O–H groups in total. The van der Waals surface area contributed by atoms with Gasteiger partial charge < -0.3 is 5.32 Å². The Morgan fingerprint density at radius 2 is 1.88 bits per heavy atom. The van der Waals surface area contributed by atoms with Gasteiger partial charge in [-0.25, -0.2) is 4.68 Å². The molecule has 1 aromatic carbocycles. The third-order valence-corrected chi connectivity index (χ3v) is 4.53. The SMILES string of the molecule is Cc1nn(Cc2ccccc2Cl)c(Cl)c1C(=O)NCc1ccncc1. The fraction of sp³-hybridized carbons (Fsp3) is 0.167. The third-order valence-electron chi connectivity index (χ3n) is 3.77. The molecule has 0 unspecified atom stereocenters. The fourth-order valence-corrected chi connectivity index (χ4v) is 2.99. The van der Waals surface area contributed by atoms with Crippen LogP contribution in [0.15, 0.2) is 48.8 Å². The number of rotatable bonds is 5. The molecule has 0 radical (unpaired) electrons. The van der Waals surface area contributed by atoms with E-state index in [1.807, 2.05) is 36.4 Å². The minimum absolute atomic E-state index is 0.260. The van der Waals surface area contributed by atoms with E-state index in [1.54, 1.807) is 24.0 Å². The van der Waals surface area contributed by atoms with Gasteiger partial charge in [0.1, 0.15) is 5.15 Å². The molecular weight excluding hydrogens is 359 g/mol. The van der Waals surface area contributed by atoms with Crippen molar-refractivity contribution in [1.82, 2.24) is 20.1 Å². The average molecular weight is 375 g/mol. The Morgan fingerprint density at radius 3 is 2.60 bits per heavy atom. The van der Waals surface area contributed by atoms with E-state index in [4.69, 9.17) is 23.2 Å². The fourth-order valence-electron chi connectivity index (χ4n) is 2.48. The monoisotopic (exact) mass is 374 g/mol. The van der Waals surface area contributed by atoms with E-state index < -0.39 is 0 Å². The van der Waals surface area contributed by atoms with Crippen molar-refractivity contribution in [2.24, 2.45) is 0 Å². The predicted octanol–water partition coefficient (Wildman–Crippen LogP) is 3.87. The van der Waals surface area contributed by atoms with E-state index in [9.17, 15) is 4.79 Å². The van der Waals surface area contributed by atoms with Crippen molar-refractivity contribution >= 4 is 29.1 Å². The summed E-state index contributed by atoms with van der Waals surface area (Å²) in [6.07, 6.45) is 3.36. The number of hydrogen-bond donors (Lipinski definition) is 1. The number of carbonyl (C=O) groups excluding carboxylic acids is 1. The van der Waals surface area contributed by atoms with E-state index in [2.05, 4.69) is 15.4 Å². The van der Waals surface area contributed by atoms with Crippen LogP contribution in [0.25, 0.3) is 0 Å². The Morgan fingerprint density at radius 1 is 1.16 bits per heavy atom. The number of carbonyl (C=O) groups is 1. The van der Waals surface area contributed by atoms with Gasteiger partial charge in [0.25, 0.3) is 5.91 Å². The highest BCUT2D eigenvalue weighted by atomic mass is 35.5. The van der Waals surface area contributed by atoms with Crippen LogP contribution in [0.5, 0.6) is 0 Å². The highest BCUT2D eigenvalue weighted by molar-refractivity contribution is 6.33. The molecule has 2 heterocycles. The lowest BCUT2D eigenvalue weighted by atomic mass is 10.2. The van der Waals surface area contributed by atoms with Crippen molar-refractivity contribution in [2.45, 2.75) is 20.0 Å². The maximum Gasteiger partial charge on any atom is 0.256 e. The molecule has 1 amide bonds. The first-order chi connectivity index (χ1) is 12.1. The van der Waals surface area contributed by atoms with Crippen LogP contribution in [0.3, 0.4) is 0 Å². The topological polar surface area (TPSA) is 59.8 Å². The molecule has 0 saturated carbocycles. The molecule has 0 aliphatic heterocycles. The Kier molecular flexibility index (Phi) is 5.36. The third kappa shape index (κ3) is 4.00. The number of nitrogens with zero attached hydrogens (tertiary/aromatic N) is 3. The minimum Gasteiger partial charge on any atom is -0.348 e. The van der Waals surface area contributed by atoms with Crippen LogP contribution < -0.4 is 5.32 Å². The maximum atomic E-state index is 12.5. The largest absolute Gasteiger partial charge is 0.348 e. The van der Waals surface area contributed by atoms with Crippen LogP contribution in [0.1, 0.15) is 27.2 Å². The molecule has 0 aliphatic carbocycles. The summed E-state index contributed by atoms with van der Waals surface area (Å²) in [6.45, 7) is 2.56. The summed E-state index contributed by atoms with van der Waals surface area (Å²) in [6, 6.07) is 11.2. The van der Waals surface area contributed by atoms with Gasteiger partial charge in [-0.3, -0.25) is 9.78 Å². The van der Waals surface area contributed by atoms with Gasteiger partial charge in [-0.05, 0) is 36.2 Å². The number of nitrogens with one attached hydrogen (secondary N) is 1. The van der Waals surface area contributed by atoms with Gasteiger partial charge in [0, 0.05) is 24.0 Å². The first-order valence-corrected chi connectivity index (χ1v) is 8.45. The minimum atomic E-state index is -0.260. The summed E-state index contributed by atoms with van der Waals surface area (Å²) in [7, 11) is 0. The van der Waals surface area contributed by atoms with Crippen molar-refractivity contribution in [2.75, 3.05) is 0 Å². The van der Waals surface area contributed by atoms with E-state index in [-0.39, 0.29) is 5.91 Å². The molecule has 0 aliphatic rings. The molecular formula is C18H16Cl2N4O. The standard InChI is InChI=1S/C18H16Cl2N4O/c1-12-16(18(25)22-10-13-6-8-21-9-7-13)17(20)24(23-12)11-14-4-2-3-5-15(14)19/h2-9H,10-11H2,1H3,(H,22,25). The van der Waals surface area contributed by atoms with Crippen LogP contribution >= 0.6 is 23.2 Å². The van der Waals surface area contributed by atoms with Crippen molar-refractivity contribution in [3.8, 4) is 0 Å². The lowest BCUT2D eigenvalue weighted by Crippen LogP contribution is -2.23. The first-order valence-electron chi connectivity index (χ1n) is 7.69. The number of hydrogen-bond acceptors (Lipinski definition) is 3. The highest BCUT2D eigenvalue weighted by Crippen LogP contribution is 2.23. The zero-order valence-corrected chi connectivity index (χ0v) is 15.1. The number of pyridine rings is 1. The molecule has 0 saturated heterocycles. The van der Waals surface area contributed by atoms with Gasteiger partial charge >= 0.3 is 0 Å². The molecule has 0 spiro atoms. The molecule has 7 heteroatoms. The summed E-state index contributed by atoms with van der Waals surface area (Å²) in [4.78, 5) is 16.5. The summed E-state index contributed by atoms with van der Waals surface area (Å²) >= 11 is 12.6. The molecule has 5 nitrogen and oxygen atoms in total. The molecule has 128 valence electrons. The molecule has 0 fully saturated rings. The van der Waals surface area contributed by atoms with Gasteiger partial charge in [0.05, 0.1) is 17.8 Å². The lowest BCUT2D eigenvalue weighted by Gasteiger charge is -2.07.